The van der Waals surface area contributed by atoms with Crippen LogP contribution in [0, 0.1) is 5.92 Å². The number of aliphatic hydroxyl groups excluding tert-OH is 1. The van der Waals surface area contributed by atoms with Crippen molar-refractivity contribution in [3.8, 4) is 0 Å². The summed E-state index contributed by atoms with van der Waals surface area (Å²) >= 11 is 0. The van der Waals surface area contributed by atoms with E-state index in [4.69, 9.17) is 5.11 Å². The monoisotopic (exact) mass is 189 g/mol. The van der Waals surface area contributed by atoms with Crippen LogP contribution < -0.4 is 0 Å². The molecule has 1 aliphatic rings. The van der Waals surface area contributed by atoms with Crippen LogP contribution in [0.25, 0.3) is 0 Å². The lowest BCUT2D eigenvalue weighted by atomic mass is 9.94. The quantitative estimate of drug-likeness (QED) is 0.723. The molecule has 13 heavy (non-hydrogen) atoms. The van der Waals surface area contributed by atoms with Gasteiger partial charge < -0.3 is 10.0 Å². The zero-order valence-corrected chi connectivity index (χ0v) is 8.38. The molecule has 2 unspecified atom stereocenters. The van der Waals surface area contributed by atoms with E-state index in [-0.39, 0.29) is 12.5 Å². The first-order valence-corrected chi connectivity index (χ1v) is 5.21. The summed E-state index contributed by atoms with van der Waals surface area (Å²) in [5, 5.41) is 8.67. The van der Waals surface area contributed by atoms with Crippen molar-refractivity contribution in [2.45, 2.75) is 32.4 Å². The molecule has 1 saturated heterocycles. The second-order valence-corrected chi connectivity index (χ2v) is 3.96. The van der Waals surface area contributed by atoms with Crippen LogP contribution in [0.3, 0.4) is 0 Å². The standard InChI is InChI=1S/C10H20FNO/c1-9(11)10-4-2-5-12(8-10)6-3-7-13/h9-10,13H,2-8H2,1H3. The fourth-order valence-electron chi connectivity index (χ4n) is 1.96. The van der Waals surface area contributed by atoms with Gasteiger partial charge in [-0.15, -0.1) is 0 Å². The molecule has 1 rings (SSSR count). The molecule has 2 nitrogen and oxygen atoms in total. The molecule has 0 aromatic heterocycles. The number of rotatable bonds is 4. The van der Waals surface area contributed by atoms with Gasteiger partial charge >= 0.3 is 0 Å². The maximum absolute atomic E-state index is 13.0. The van der Waals surface area contributed by atoms with Crippen LogP contribution in [0.15, 0.2) is 0 Å². The fourth-order valence-corrected chi connectivity index (χ4v) is 1.96. The molecule has 0 aliphatic carbocycles. The van der Waals surface area contributed by atoms with Crippen molar-refractivity contribution in [1.29, 1.82) is 0 Å². The predicted molar refractivity (Wildman–Crippen MR) is 51.4 cm³/mol. The minimum absolute atomic E-state index is 0.215. The largest absolute Gasteiger partial charge is 0.396 e. The van der Waals surface area contributed by atoms with Gasteiger partial charge in [0.2, 0.25) is 0 Å². The van der Waals surface area contributed by atoms with Gasteiger partial charge in [-0.25, -0.2) is 4.39 Å². The molecule has 0 spiro atoms. The van der Waals surface area contributed by atoms with Gasteiger partial charge in [-0.3, -0.25) is 0 Å². The number of hydrogen-bond acceptors (Lipinski definition) is 2. The maximum atomic E-state index is 13.0. The van der Waals surface area contributed by atoms with E-state index in [9.17, 15) is 4.39 Å². The van der Waals surface area contributed by atoms with Crippen molar-refractivity contribution >= 4 is 0 Å². The Morgan fingerprint density at radius 3 is 3.00 bits per heavy atom. The summed E-state index contributed by atoms with van der Waals surface area (Å²) < 4.78 is 13.0. The van der Waals surface area contributed by atoms with E-state index >= 15 is 0 Å². The van der Waals surface area contributed by atoms with E-state index in [2.05, 4.69) is 4.90 Å². The molecule has 0 amide bonds. The van der Waals surface area contributed by atoms with Crippen molar-refractivity contribution in [3.63, 3.8) is 0 Å². The van der Waals surface area contributed by atoms with Crippen LogP contribution >= 0.6 is 0 Å². The third-order valence-electron chi connectivity index (χ3n) is 2.82. The number of hydrogen-bond donors (Lipinski definition) is 1. The Morgan fingerprint density at radius 1 is 1.62 bits per heavy atom. The zero-order valence-electron chi connectivity index (χ0n) is 8.38. The van der Waals surface area contributed by atoms with Gasteiger partial charge in [-0.2, -0.15) is 0 Å². The van der Waals surface area contributed by atoms with E-state index < -0.39 is 6.17 Å². The van der Waals surface area contributed by atoms with Crippen molar-refractivity contribution in [2.75, 3.05) is 26.2 Å². The van der Waals surface area contributed by atoms with Crippen LogP contribution in [0.1, 0.15) is 26.2 Å². The van der Waals surface area contributed by atoms with Gasteiger partial charge in [-0.05, 0) is 32.7 Å². The zero-order chi connectivity index (χ0) is 9.68. The molecule has 1 N–H and O–H groups in total. The summed E-state index contributed by atoms with van der Waals surface area (Å²) in [5.74, 6) is 0.215. The molecule has 78 valence electrons. The minimum Gasteiger partial charge on any atom is -0.396 e. The first-order chi connectivity index (χ1) is 6.24. The molecule has 0 bridgehead atoms. The average Bonchev–Trinajstić information content (AvgIpc) is 2.15. The van der Waals surface area contributed by atoms with Crippen LogP contribution in [-0.2, 0) is 0 Å². The number of alkyl halides is 1. The van der Waals surface area contributed by atoms with Crippen LogP contribution in [-0.4, -0.2) is 42.4 Å². The van der Waals surface area contributed by atoms with E-state index in [0.29, 0.717) is 0 Å². The fraction of sp³-hybridized carbons (Fsp3) is 1.00. The first kappa shape index (κ1) is 10.9. The van der Waals surface area contributed by atoms with Crippen molar-refractivity contribution < 1.29 is 9.50 Å². The summed E-state index contributed by atoms with van der Waals surface area (Å²) in [4.78, 5) is 2.26. The predicted octanol–water partition coefficient (Wildman–Crippen LogP) is 1.44. The topological polar surface area (TPSA) is 23.5 Å². The Hall–Kier alpha value is -0.150. The Bertz CT molecular complexity index is 141. The molecule has 2 atom stereocenters. The molecule has 3 heteroatoms. The Labute approximate surface area is 79.7 Å². The smallest absolute Gasteiger partial charge is 0.101 e. The Kier molecular flexibility index (Phi) is 4.67. The molecule has 1 heterocycles. The van der Waals surface area contributed by atoms with Crippen LogP contribution in [0.4, 0.5) is 4.39 Å². The third kappa shape index (κ3) is 3.61. The summed E-state index contributed by atoms with van der Waals surface area (Å²) in [6.07, 6.45) is 2.25. The highest BCUT2D eigenvalue weighted by atomic mass is 19.1. The summed E-state index contributed by atoms with van der Waals surface area (Å²) in [5.41, 5.74) is 0. The summed E-state index contributed by atoms with van der Waals surface area (Å²) in [7, 11) is 0. The normalized spacial score (nSPS) is 27.5. The molecule has 0 radical (unpaired) electrons. The Balaban J connectivity index is 2.25. The lowest BCUT2D eigenvalue weighted by Crippen LogP contribution is -2.39. The summed E-state index contributed by atoms with van der Waals surface area (Å²) in [6.45, 7) is 4.76. The van der Waals surface area contributed by atoms with Gasteiger partial charge in [-0.1, -0.05) is 0 Å². The number of halogens is 1. The lowest BCUT2D eigenvalue weighted by molar-refractivity contribution is 0.110. The molecular formula is C10H20FNO. The van der Waals surface area contributed by atoms with E-state index in [1.54, 1.807) is 6.92 Å². The summed E-state index contributed by atoms with van der Waals surface area (Å²) in [6, 6.07) is 0. The molecule has 1 fully saturated rings. The second kappa shape index (κ2) is 5.55. The second-order valence-electron chi connectivity index (χ2n) is 3.96. The molecule has 0 saturated carbocycles. The number of piperidine rings is 1. The van der Waals surface area contributed by atoms with Crippen LogP contribution in [0.5, 0.6) is 0 Å². The van der Waals surface area contributed by atoms with Gasteiger partial charge in [0.05, 0.1) is 0 Å². The molecule has 1 aliphatic heterocycles. The Morgan fingerprint density at radius 2 is 2.38 bits per heavy atom. The van der Waals surface area contributed by atoms with E-state index in [0.717, 1.165) is 38.9 Å². The highest BCUT2D eigenvalue weighted by molar-refractivity contribution is 4.76. The average molecular weight is 189 g/mol. The van der Waals surface area contributed by atoms with Gasteiger partial charge in [0.15, 0.2) is 0 Å². The van der Waals surface area contributed by atoms with Gasteiger partial charge in [0, 0.05) is 25.6 Å². The molecular weight excluding hydrogens is 169 g/mol. The SMILES string of the molecule is CC(F)C1CCCN(CCCO)C1. The molecule has 0 aromatic rings. The van der Waals surface area contributed by atoms with Crippen molar-refractivity contribution in [3.05, 3.63) is 0 Å². The molecule has 0 aromatic carbocycles. The van der Waals surface area contributed by atoms with Crippen molar-refractivity contribution in [2.24, 2.45) is 5.92 Å². The third-order valence-corrected chi connectivity index (χ3v) is 2.82. The van der Waals surface area contributed by atoms with E-state index in [1.807, 2.05) is 0 Å². The highest BCUT2D eigenvalue weighted by Crippen LogP contribution is 2.21. The minimum atomic E-state index is -0.683. The van der Waals surface area contributed by atoms with E-state index in [1.165, 1.54) is 0 Å². The number of likely N-dealkylation sites (tertiary alicyclic amines) is 1. The number of nitrogens with zero attached hydrogens (tertiary/aromatic N) is 1. The maximum Gasteiger partial charge on any atom is 0.101 e. The highest BCUT2D eigenvalue weighted by Gasteiger charge is 2.23. The first-order valence-electron chi connectivity index (χ1n) is 5.21. The van der Waals surface area contributed by atoms with Crippen molar-refractivity contribution in [1.82, 2.24) is 4.90 Å². The van der Waals surface area contributed by atoms with Gasteiger partial charge in [0.1, 0.15) is 6.17 Å². The number of aliphatic hydroxyl groups is 1. The lowest BCUT2D eigenvalue weighted by Gasteiger charge is -2.33. The van der Waals surface area contributed by atoms with Gasteiger partial charge in [0.25, 0.3) is 0 Å². The van der Waals surface area contributed by atoms with Crippen LogP contribution in [0.2, 0.25) is 0 Å².